The Morgan fingerprint density at radius 1 is 1.70 bits per heavy atom. The van der Waals surface area contributed by atoms with Crippen molar-refractivity contribution in [3.63, 3.8) is 0 Å². The van der Waals surface area contributed by atoms with E-state index in [0.717, 1.165) is 5.56 Å². The quantitative estimate of drug-likeness (QED) is 0.639. The van der Waals surface area contributed by atoms with Crippen LogP contribution in [0, 0.1) is 11.3 Å². The van der Waals surface area contributed by atoms with Crippen LogP contribution in [-0.4, -0.2) is 9.97 Å². The highest BCUT2D eigenvalue weighted by Gasteiger charge is 1.97. The van der Waals surface area contributed by atoms with Gasteiger partial charge >= 0.3 is 0 Å². The second-order valence-corrected chi connectivity index (χ2v) is 2.42. The van der Waals surface area contributed by atoms with Crippen LogP contribution in [0.4, 0.5) is 0 Å². The fraction of sp³-hybridized carbons (Fsp3) is 0.167. The van der Waals surface area contributed by atoms with Crippen LogP contribution in [0.2, 0.25) is 0 Å². The van der Waals surface area contributed by atoms with Gasteiger partial charge in [-0.3, -0.25) is 0 Å². The second-order valence-electron chi connectivity index (χ2n) is 1.67. The third kappa shape index (κ3) is 1.52. The van der Waals surface area contributed by atoms with E-state index < -0.39 is 0 Å². The first-order chi connectivity index (χ1) is 4.84. The van der Waals surface area contributed by atoms with E-state index >= 15 is 0 Å². The average molecular weight is 198 g/mol. The molecule has 0 fully saturated rings. The summed E-state index contributed by atoms with van der Waals surface area (Å²) in [6.07, 6.45) is 3.41. The molecule has 3 nitrogen and oxygen atoms in total. The van der Waals surface area contributed by atoms with Gasteiger partial charge in [0.1, 0.15) is 10.9 Å². The van der Waals surface area contributed by atoms with E-state index in [9.17, 15) is 0 Å². The maximum atomic E-state index is 8.32. The molecule has 0 aliphatic heterocycles. The van der Waals surface area contributed by atoms with Gasteiger partial charge in [0.25, 0.3) is 0 Å². The molecule has 1 rings (SSSR count). The molecule has 0 N–H and O–H groups in total. The molecule has 0 spiro atoms. The van der Waals surface area contributed by atoms with Crippen molar-refractivity contribution in [1.29, 1.82) is 5.26 Å². The maximum absolute atomic E-state index is 8.32. The molecule has 1 aromatic rings. The minimum Gasteiger partial charge on any atom is -0.244 e. The lowest BCUT2D eigenvalue weighted by molar-refractivity contribution is 1.06. The number of rotatable bonds is 1. The summed E-state index contributed by atoms with van der Waals surface area (Å²) in [4.78, 5) is 7.62. The maximum Gasteiger partial charge on any atom is 0.116 e. The molecule has 0 saturated carbocycles. The van der Waals surface area contributed by atoms with Gasteiger partial charge in [-0.05, 0) is 15.9 Å². The van der Waals surface area contributed by atoms with Crippen molar-refractivity contribution in [2.45, 2.75) is 6.42 Å². The fourth-order valence-corrected chi connectivity index (χ4v) is 0.881. The van der Waals surface area contributed by atoms with Crippen LogP contribution >= 0.6 is 15.9 Å². The smallest absolute Gasteiger partial charge is 0.116 e. The Balaban J connectivity index is 2.94. The lowest BCUT2D eigenvalue weighted by Gasteiger charge is -1.93. The van der Waals surface area contributed by atoms with Gasteiger partial charge in [0.2, 0.25) is 0 Å². The molecule has 4 heteroatoms. The molecule has 0 aliphatic carbocycles. The van der Waals surface area contributed by atoms with Crippen molar-refractivity contribution in [1.82, 2.24) is 9.97 Å². The van der Waals surface area contributed by atoms with Crippen molar-refractivity contribution in [2.24, 2.45) is 0 Å². The number of hydrogen-bond acceptors (Lipinski definition) is 3. The molecular formula is C6H4BrN3. The molecule has 0 radical (unpaired) electrons. The third-order valence-corrected chi connectivity index (χ3v) is 1.72. The van der Waals surface area contributed by atoms with Crippen LogP contribution in [0.5, 0.6) is 0 Å². The molecule has 0 amide bonds. The summed E-state index contributed by atoms with van der Waals surface area (Å²) in [5.74, 6) is 0. The zero-order valence-electron chi connectivity index (χ0n) is 5.08. The lowest BCUT2D eigenvalue weighted by atomic mass is 10.3. The molecule has 50 valence electrons. The highest BCUT2D eigenvalue weighted by atomic mass is 79.9. The minimum absolute atomic E-state index is 0.349. The number of hydrogen-bond donors (Lipinski definition) is 0. The van der Waals surface area contributed by atoms with Gasteiger partial charge in [0.05, 0.1) is 12.5 Å². The molecule has 0 bridgehead atoms. The lowest BCUT2D eigenvalue weighted by Crippen LogP contribution is -1.87. The van der Waals surface area contributed by atoms with Crippen LogP contribution in [0.15, 0.2) is 17.1 Å². The van der Waals surface area contributed by atoms with E-state index in [2.05, 4.69) is 25.9 Å². The first kappa shape index (κ1) is 7.16. The van der Waals surface area contributed by atoms with E-state index in [-0.39, 0.29) is 0 Å². The van der Waals surface area contributed by atoms with E-state index in [1.54, 1.807) is 6.20 Å². The number of nitrogens with zero attached hydrogens (tertiary/aromatic N) is 3. The normalized spacial score (nSPS) is 8.80. The van der Waals surface area contributed by atoms with Crippen LogP contribution in [0.3, 0.4) is 0 Å². The minimum atomic E-state index is 0.349. The summed E-state index contributed by atoms with van der Waals surface area (Å²) < 4.78 is 0.698. The molecule has 0 aromatic carbocycles. The Bertz CT molecular complexity index is 266. The molecular weight excluding hydrogens is 194 g/mol. The molecule has 0 unspecified atom stereocenters. The van der Waals surface area contributed by atoms with Crippen LogP contribution in [0.25, 0.3) is 0 Å². The molecule has 0 saturated heterocycles. The van der Waals surface area contributed by atoms with E-state index in [0.29, 0.717) is 11.0 Å². The first-order valence-electron chi connectivity index (χ1n) is 2.66. The summed E-state index contributed by atoms with van der Waals surface area (Å²) in [7, 11) is 0. The highest BCUT2D eigenvalue weighted by Crippen LogP contribution is 2.10. The van der Waals surface area contributed by atoms with Gasteiger partial charge < -0.3 is 0 Å². The number of aromatic nitrogens is 2. The van der Waals surface area contributed by atoms with Crippen LogP contribution in [0.1, 0.15) is 5.56 Å². The van der Waals surface area contributed by atoms with E-state index in [1.807, 2.05) is 6.07 Å². The topological polar surface area (TPSA) is 49.6 Å². The first-order valence-corrected chi connectivity index (χ1v) is 3.45. The Kier molecular flexibility index (Phi) is 2.35. The van der Waals surface area contributed by atoms with Crippen molar-refractivity contribution in [3.05, 3.63) is 22.7 Å². The zero-order chi connectivity index (χ0) is 7.40. The molecule has 0 aliphatic rings. The van der Waals surface area contributed by atoms with Gasteiger partial charge in [0.15, 0.2) is 0 Å². The van der Waals surface area contributed by atoms with Crippen molar-refractivity contribution < 1.29 is 0 Å². The Hall–Kier alpha value is -0.950. The standard InChI is InChI=1S/C6H4BrN3/c7-6-5(1-2-8)3-9-4-10-6/h3-4H,1H2. The van der Waals surface area contributed by atoms with E-state index in [4.69, 9.17) is 5.26 Å². The van der Waals surface area contributed by atoms with Gasteiger partial charge in [0, 0.05) is 11.8 Å². The van der Waals surface area contributed by atoms with Gasteiger partial charge in [-0.1, -0.05) is 0 Å². The monoisotopic (exact) mass is 197 g/mol. The van der Waals surface area contributed by atoms with Crippen molar-refractivity contribution >= 4 is 15.9 Å². The predicted molar refractivity (Wildman–Crippen MR) is 39.0 cm³/mol. The Morgan fingerprint density at radius 3 is 3.10 bits per heavy atom. The second kappa shape index (κ2) is 3.28. The van der Waals surface area contributed by atoms with Gasteiger partial charge in [-0.25, -0.2) is 9.97 Å². The Morgan fingerprint density at radius 2 is 2.50 bits per heavy atom. The van der Waals surface area contributed by atoms with Gasteiger partial charge in [-0.15, -0.1) is 0 Å². The van der Waals surface area contributed by atoms with Crippen molar-refractivity contribution in [2.75, 3.05) is 0 Å². The van der Waals surface area contributed by atoms with Crippen LogP contribution in [-0.2, 0) is 6.42 Å². The summed E-state index contributed by atoms with van der Waals surface area (Å²) in [5.41, 5.74) is 0.824. The zero-order valence-corrected chi connectivity index (χ0v) is 6.67. The molecule has 1 heterocycles. The number of halogens is 1. The summed E-state index contributed by atoms with van der Waals surface area (Å²) in [6.45, 7) is 0. The third-order valence-electron chi connectivity index (χ3n) is 1.00. The fourth-order valence-electron chi connectivity index (χ4n) is 0.547. The predicted octanol–water partition coefficient (Wildman–Crippen LogP) is 1.31. The Labute approximate surface area is 66.9 Å². The largest absolute Gasteiger partial charge is 0.244 e. The van der Waals surface area contributed by atoms with Crippen molar-refractivity contribution in [3.8, 4) is 6.07 Å². The molecule has 10 heavy (non-hydrogen) atoms. The average Bonchev–Trinajstić information content (AvgIpc) is 1.94. The SMILES string of the molecule is N#CCc1cncnc1Br. The number of nitriles is 1. The summed E-state index contributed by atoms with van der Waals surface area (Å²) >= 11 is 3.20. The highest BCUT2D eigenvalue weighted by molar-refractivity contribution is 9.10. The summed E-state index contributed by atoms with van der Waals surface area (Å²) in [5, 5.41) is 8.32. The van der Waals surface area contributed by atoms with Gasteiger partial charge in [-0.2, -0.15) is 5.26 Å². The molecule has 1 aromatic heterocycles. The van der Waals surface area contributed by atoms with Crippen LogP contribution < -0.4 is 0 Å². The van der Waals surface area contributed by atoms with E-state index in [1.165, 1.54) is 6.33 Å². The summed E-state index contributed by atoms with van der Waals surface area (Å²) in [6, 6.07) is 2.01. The molecule has 0 atom stereocenters.